The Morgan fingerprint density at radius 3 is 2.69 bits per heavy atom. The Labute approximate surface area is 75.6 Å². The second kappa shape index (κ2) is 3.66. The Bertz CT molecular complexity index is 245. The zero-order valence-electron chi connectivity index (χ0n) is 7.48. The van der Waals surface area contributed by atoms with Crippen LogP contribution in [0, 0.1) is 0 Å². The highest BCUT2D eigenvalue weighted by molar-refractivity contribution is 5.99. The van der Waals surface area contributed by atoms with Crippen molar-refractivity contribution in [2.24, 2.45) is 0 Å². The number of hydrogen-bond donors (Lipinski definition) is 2. The zero-order valence-corrected chi connectivity index (χ0v) is 7.48. The first kappa shape index (κ1) is 9.85. The maximum atomic E-state index is 11.3. The molecule has 0 bridgehead atoms. The van der Waals surface area contributed by atoms with E-state index in [0.717, 1.165) is 0 Å². The van der Waals surface area contributed by atoms with Gasteiger partial charge in [0.2, 0.25) is 11.5 Å². The quantitative estimate of drug-likeness (QED) is 0.656. The molecule has 0 aromatic heterocycles. The van der Waals surface area contributed by atoms with Gasteiger partial charge in [-0.3, -0.25) is 4.79 Å². The van der Waals surface area contributed by atoms with E-state index in [9.17, 15) is 9.90 Å². The molecule has 0 radical (unpaired) electrons. The summed E-state index contributed by atoms with van der Waals surface area (Å²) in [6.07, 6.45) is -1.57. The van der Waals surface area contributed by atoms with Gasteiger partial charge in [0.15, 0.2) is 6.10 Å². The highest BCUT2D eigenvalue weighted by Crippen LogP contribution is 2.23. The minimum atomic E-state index is -1.03. The molecule has 0 aromatic carbocycles. The molecule has 1 heterocycles. The van der Waals surface area contributed by atoms with E-state index in [4.69, 9.17) is 9.84 Å². The van der Waals surface area contributed by atoms with Gasteiger partial charge < -0.3 is 19.7 Å². The first-order valence-electron chi connectivity index (χ1n) is 3.98. The van der Waals surface area contributed by atoms with E-state index in [2.05, 4.69) is 4.74 Å². The van der Waals surface area contributed by atoms with Crippen LogP contribution in [0.1, 0.15) is 13.3 Å². The third-order valence-electron chi connectivity index (χ3n) is 1.89. The maximum absolute atomic E-state index is 11.3. The van der Waals surface area contributed by atoms with Gasteiger partial charge in [-0.05, 0) is 6.42 Å². The average Bonchev–Trinajstić information content (AvgIpc) is 2.40. The first-order valence-corrected chi connectivity index (χ1v) is 3.98. The molecule has 74 valence electrons. The van der Waals surface area contributed by atoms with E-state index in [1.807, 2.05) is 0 Å². The van der Waals surface area contributed by atoms with Gasteiger partial charge in [0, 0.05) is 0 Å². The third-order valence-corrected chi connectivity index (χ3v) is 1.89. The van der Waals surface area contributed by atoms with Gasteiger partial charge in [0.1, 0.15) is 0 Å². The predicted molar refractivity (Wildman–Crippen MR) is 42.8 cm³/mol. The zero-order chi connectivity index (χ0) is 10.0. The van der Waals surface area contributed by atoms with Gasteiger partial charge in [0.05, 0.1) is 13.2 Å². The minimum Gasteiger partial charge on any atom is -0.487 e. The average molecular weight is 188 g/mol. The molecule has 13 heavy (non-hydrogen) atoms. The lowest BCUT2D eigenvalue weighted by Gasteiger charge is -2.13. The molecule has 1 aliphatic rings. The van der Waals surface area contributed by atoms with Crippen molar-refractivity contribution in [2.75, 3.05) is 7.11 Å². The fourth-order valence-corrected chi connectivity index (χ4v) is 1.12. The fourth-order valence-electron chi connectivity index (χ4n) is 1.12. The maximum Gasteiger partial charge on any atom is 0.325 e. The van der Waals surface area contributed by atoms with Crippen molar-refractivity contribution >= 4 is 5.78 Å². The van der Waals surface area contributed by atoms with Gasteiger partial charge in [-0.25, -0.2) is 0 Å². The van der Waals surface area contributed by atoms with E-state index in [1.54, 1.807) is 6.92 Å². The molecule has 0 aromatic rings. The summed E-state index contributed by atoms with van der Waals surface area (Å²) in [5.41, 5.74) is 0. The SMILES string of the molecule is CCC(O)C1OC(O)=C(OC)C1=O. The Hall–Kier alpha value is -1.23. The number of carbonyl (C=O) groups excluding carboxylic acids is 1. The second-order valence-corrected chi connectivity index (χ2v) is 2.72. The summed E-state index contributed by atoms with van der Waals surface area (Å²) < 4.78 is 9.34. The lowest BCUT2D eigenvalue weighted by Crippen LogP contribution is -2.32. The summed E-state index contributed by atoms with van der Waals surface area (Å²) in [4.78, 5) is 11.3. The van der Waals surface area contributed by atoms with Crippen molar-refractivity contribution in [3.05, 3.63) is 11.7 Å². The van der Waals surface area contributed by atoms with Gasteiger partial charge in [0.25, 0.3) is 0 Å². The first-order chi connectivity index (χ1) is 6.11. The Morgan fingerprint density at radius 1 is 1.69 bits per heavy atom. The molecule has 0 saturated heterocycles. The van der Waals surface area contributed by atoms with E-state index in [-0.39, 0.29) is 5.76 Å². The molecular weight excluding hydrogens is 176 g/mol. The third kappa shape index (κ3) is 1.60. The second-order valence-electron chi connectivity index (χ2n) is 2.72. The summed E-state index contributed by atoms with van der Waals surface area (Å²) in [7, 11) is 1.26. The van der Waals surface area contributed by atoms with Crippen molar-refractivity contribution in [1.29, 1.82) is 0 Å². The fraction of sp³-hybridized carbons (Fsp3) is 0.625. The van der Waals surface area contributed by atoms with Crippen molar-refractivity contribution < 1.29 is 24.5 Å². The van der Waals surface area contributed by atoms with Crippen LogP contribution in [-0.4, -0.2) is 35.3 Å². The van der Waals surface area contributed by atoms with Crippen LogP contribution in [0.4, 0.5) is 0 Å². The summed E-state index contributed by atoms with van der Waals surface area (Å²) in [6.45, 7) is 1.71. The number of ether oxygens (including phenoxy) is 2. The number of Topliss-reactive ketones (excluding diaryl/α,β-unsaturated/α-hetero) is 1. The number of methoxy groups -OCH3 is 1. The predicted octanol–water partition coefficient (Wildman–Crippen LogP) is 0.0987. The highest BCUT2D eigenvalue weighted by Gasteiger charge is 2.40. The largest absolute Gasteiger partial charge is 0.487 e. The van der Waals surface area contributed by atoms with E-state index in [0.29, 0.717) is 6.42 Å². The summed E-state index contributed by atoms with van der Waals surface area (Å²) in [5.74, 6) is -1.29. The van der Waals surface area contributed by atoms with Crippen LogP contribution in [-0.2, 0) is 14.3 Å². The summed E-state index contributed by atoms with van der Waals surface area (Å²) in [6, 6.07) is 0. The Balaban J connectivity index is 2.76. The molecule has 0 saturated carbocycles. The molecule has 0 amide bonds. The lowest BCUT2D eigenvalue weighted by molar-refractivity contribution is -0.129. The molecule has 1 aliphatic heterocycles. The van der Waals surface area contributed by atoms with Gasteiger partial charge in [-0.2, -0.15) is 0 Å². The van der Waals surface area contributed by atoms with Crippen LogP contribution in [0.3, 0.4) is 0 Å². The van der Waals surface area contributed by atoms with E-state index in [1.165, 1.54) is 7.11 Å². The van der Waals surface area contributed by atoms with Crippen LogP contribution in [0.15, 0.2) is 11.7 Å². The number of ketones is 1. The molecule has 5 heteroatoms. The van der Waals surface area contributed by atoms with Gasteiger partial charge >= 0.3 is 5.95 Å². The number of hydrogen-bond acceptors (Lipinski definition) is 5. The Morgan fingerprint density at radius 2 is 2.31 bits per heavy atom. The normalized spacial score (nSPS) is 24.5. The number of aliphatic hydroxyl groups is 2. The van der Waals surface area contributed by atoms with Crippen molar-refractivity contribution in [1.82, 2.24) is 0 Å². The molecule has 2 N–H and O–H groups in total. The molecule has 0 spiro atoms. The molecule has 1 rings (SSSR count). The van der Waals surface area contributed by atoms with Crippen molar-refractivity contribution in [3.8, 4) is 0 Å². The van der Waals surface area contributed by atoms with Crippen LogP contribution in [0.25, 0.3) is 0 Å². The topological polar surface area (TPSA) is 76.0 Å². The molecular formula is C8H12O5. The summed E-state index contributed by atoms with van der Waals surface area (Å²) >= 11 is 0. The highest BCUT2D eigenvalue weighted by atomic mass is 16.6. The van der Waals surface area contributed by atoms with Crippen LogP contribution in [0.5, 0.6) is 0 Å². The smallest absolute Gasteiger partial charge is 0.325 e. The molecule has 0 fully saturated rings. The van der Waals surface area contributed by atoms with Crippen LogP contribution < -0.4 is 0 Å². The van der Waals surface area contributed by atoms with E-state index < -0.39 is 23.9 Å². The standard InChI is InChI=1S/C8H12O5/c1-3-4(9)6-5(10)7(12-2)8(11)13-6/h4,6,9,11H,3H2,1-2H3. The summed E-state index contributed by atoms with van der Waals surface area (Å²) in [5, 5.41) is 18.4. The van der Waals surface area contributed by atoms with Crippen LogP contribution in [0.2, 0.25) is 0 Å². The number of rotatable bonds is 3. The van der Waals surface area contributed by atoms with Crippen LogP contribution >= 0.6 is 0 Å². The number of carbonyl (C=O) groups is 1. The van der Waals surface area contributed by atoms with Crippen molar-refractivity contribution in [2.45, 2.75) is 25.6 Å². The molecule has 2 unspecified atom stereocenters. The number of aliphatic hydroxyl groups excluding tert-OH is 2. The molecule has 0 aliphatic carbocycles. The van der Waals surface area contributed by atoms with E-state index >= 15 is 0 Å². The molecule has 5 nitrogen and oxygen atoms in total. The van der Waals surface area contributed by atoms with Gasteiger partial charge in [-0.15, -0.1) is 0 Å². The molecule has 2 atom stereocenters. The Kier molecular flexibility index (Phi) is 2.77. The monoisotopic (exact) mass is 188 g/mol. The van der Waals surface area contributed by atoms with Gasteiger partial charge in [-0.1, -0.05) is 6.92 Å². The van der Waals surface area contributed by atoms with Crippen molar-refractivity contribution in [3.63, 3.8) is 0 Å². The minimum absolute atomic E-state index is 0.225. The lowest BCUT2D eigenvalue weighted by atomic mass is 10.1.